The molecule has 0 atom stereocenters. The lowest BCUT2D eigenvalue weighted by Gasteiger charge is -2.23. The molecule has 34 heavy (non-hydrogen) atoms. The van der Waals surface area contributed by atoms with E-state index in [4.69, 9.17) is 16.3 Å². The number of benzene rings is 3. The Kier molecular flexibility index (Phi) is 6.98. The standard InChI is InChI=1S/C26H27ClN2O4S/c1-18-7-10-23(11-8-18)29(20(3)30)16-21-9-12-25-22(15-21)17-28(13-14-33-25)34(31,32)26-6-4-5-24(27)19(26)2/h4-12,15H,13-14,16-17H2,1-3H3. The molecule has 0 aromatic heterocycles. The van der Waals surface area contributed by atoms with Crippen LogP contribution in [0.3, 0.4) is 0 Å². The second kappa shape index (κ2) is 9.78. The molecule has 0 saturated carbocycles. The Hall–Kier alpha value is -2.87. The van der Waals surface area contributed by atoms with Crippen molar-refractivity contribution in [1.82, 2.24) is 4.31 Å². The fourth-order valence-corrected chi connectivity index (χ4v) is 5.91. The highest BCUT2D eigenvalue weighted by atomic mass is 35.5. The number of anilines is 1. The lowest BCUT2D eigenvalue weighted by atomic mass is 10.1. The first-order chi connectivity index (χ1) is 16.2. The van der Waals surface area contributed by atoms with Crippen LogP contribution in [0, 0.1) is 13.8 Å². The summed E-state index contributed by atoms with van der Waals surface area (Å²) in [5.41, 5.74) is 4.09. The van der Waals surface area contributed by atoms with Crippen molar-refractivity contribution in [1.29, 1.82) is 0 Å². The largest absolute Gasteiger partial charge is 0.492 e. The van der Waals surface area contributed by atoms with E-state index in [9.17, 15) is 13.2 Å². The summed E-state index contributed by atoms with van der Waals surface area (Å²) in [6.07, 6.45) is 0. The molecule has 6 nitrogen and oxygen atoms in total. The first-order valence-corrected chi connectivity index (χ1v) is 12.8. The van der Waals surface area contributed by atoms with Gasteiger partial charge in [0, 0.05) is 36.3 Å². The predicted molar refractivity (Wildman–Crippen MR) is 134 cm³/mol. The number of aryl methyl sites for hydroxylation is 1. The van der Waals surface area contributed by atoms with E-state index in [-0.39, 0.29) is 30.5 Å². The topological polar surface area (TPSA) is 66.9 Å². The Balaban J connectivity index is 1.63. The second-order valence-electron chi connectivity index (χ2n) is 8.43. The Morgan fingerprint density at radius 2 is 1.82 bits per heavy atom. The van der Waals surface area contributed by atoms with Crippen LogP contribution in [0.25, 0.3) is 0 Å². The number of fused-ring (bicyclic) bond motifs is 1. The van der Waals surface area contributed by atoms with Crippen molar-refractivity contribution >= 4 is 33.2 Å². The molecule has 178 valence electrons. The fraction of sp³-hybridized carbons (Fsp3) is 0.269. The van der Waals surface area contributed by atoms with Crippen molar-refractivity contribution in [3.8, 4) is 5.75 Å². The molecule has 1 heterocycles. The number of nitrogens with zero attached hydrogens (tertiary/aromatic N) is 2. The van der Waals surface area contributed by atoms with Crippen LogP contribution in [0.2, 0.25) is 5.02 Å². The van der Waals surface area contributed by atoms with Gasteiger partial charge >= 0.3 is 0 Å². The summed E-state index contributed by atoms with van der Waals surface area (Å²) in [5.74, 6) is 0.574. The molecule has 3 aromatic rings. The van der Waals surface area contributed by atoms with Crippen LogP contribution in [0.15, 0.2) is 65.6 Å². The summed E-state index contributed by atoms with van der Waals surface area (Å²) < 4.78 is 34.2. The van der Waals surface area contributed by atoms with Gasteiger partial charge in [0.25, 0.3) is 0 Å². The maximum absolute atomic E-state index is 13.4. The molecule has 0 aliphatic carbocycles. The van der Waals surface area contributed by atoms with Gasteiger partial charge in [0.2, 0.25) is 15.9 Å². The zero-order valence-corrected chi connectivity index (χ0v) is 21.0. The lowest BCUT2D eigenvalue weighted by Crippen LogP contribution is -2.33. The summed E-state index contributed by atoms with van der Waals surface area (Å²) >= 11 is 6.19. The second-order valence-corrected chi connectivity index (χ2v) is 10.7. The van der Waals surface area contributed by atoms with E-state index in [2.05, 4.69) is 0 Å². The SMILES string of the molecule is CC(=O)N(Cc1ccc2c(c1)CN(S(=O)(=O)c1cccc(Cl)c1C)CCO2)c1ccc(C)cc1. The Morgan fingerprint density at radius 3 is 2.53 bits per heavy atom. The number of carbonyl (C=O) groups excluding carboxylic acids is 1. The third kappa shape index (κ3) is 4.97. The van der Waals surface area contributed by atoms with Crippen LogP contribution in [-0.2, 0) is 27.9 Å². The van der Waals surface area contributed by atoms with Gasteiger partial charge in [-0.2, -0.15) is 4.31 Å². The number of hydrogen-bond donors (Lipinski definition) is 0. The number of rotatable bonds is 5. The monoisotopic (exact) mass is 498 g/mol. The number of ether oxygens (including phenoxy) is 1. The third-order valence-corrected chi connectivity index (χ3v) is 8.37. The molecule has 0 fully saturated rings. The third-order valence-electron chi connectivity index (χ3n) is 5.97. The van der Waals surface area contributed by atoms with Gasteiger partial charge in [-0.3, -0.25) is 4.79 Å². The predicted octanol–water partition coefficient (Wildman–Crippen LogP) is 5.09. The number of halogens is 1. The zero-order chi connectivity index (χ0) is 24.5. The molecule has 0 N–H and O–H groups in total. The van der Waals surface area contributed by atoms with Crippen molar-refractivity contribution in [2.75, 3.05) is 18.1 Å². The minimum absolute atomic E-state index is 0.0734. The average molecular weight is 499 g/mol. The molecule has 0 radical (unpaired) electrons. The van der Waals surface area contributed by atoms with Crippen LogP contribution in [0.5, 0.6) is 5.75 Å². The van der Waals surface area contributed by atoms with Crippen LogP contribution in [0.4, 0.5) is 5.69 Å². The van der Waals surface area contributed by atoms with Gasteiger partial charge < -0.3 is 9.64 Å². The summed E-state index contributed by atoms with van der Waals surface area (Å²) in [6.45, 7) is 6.24. The van der Waals surface area contributed by atoms with Gasteiger partial charge in [0.15, 0.2) is 0 Å². The number of hydrogen-bond acceptors (Lipinski definition) is 4. The molecule has 1 amide bonds. The Bertz CT molecular complexity index is 1320. The average Bonchev–Trinajstić information content (AvgIpc) is 3.02. The fourth-order valence-electron chi connectivity index (χ4n) is 4.03. The highest BCUT2D eigenvalue weighted by Crippen LogP contribution is 2.31. The number of amides is 1. The highest BCUT2D eigenvalue weighted by Gasteiger charge is 2.29. The van der Waals surface area contributed by atoms with E-state index in [0.29, 0.717) is 22.9 Å². The molecule has 0 bridgehead atoms. The van der Waals surface area contributed by atoms with Gasteiger partial charge in [0.05, 0.1) is 11.4 Å². The van der Waals surface area contributed by atoms with Crippen molar-refractivity contribution in [3.05, 3.63) is 87.9 Å². The summed E-state index contributed by atoms with van der Waals surface area (Å²) in [6, 6.07) is 18.3. The van der Waals surface area contributed by atoms with Crippen molar-refractivity contribution in [2.45, 2.75) is 38.8 Å². The lowest BCUT2D eigenvalue weighted by molar-refractivity contribution is -0.116. The van der Waals surface area contributed by atoms with Crippen LogP contribution >= 0.6 is 11.6 Å². The molecular formula is C26H27ClN2O4S. The smallest absolute Gasteiger partial charge is 0.243 e. The Labute approximate surface area is 205 Å². The summed E-state index contributed by atoms with van der Waals surface area (Å²) in [4.78, 5) is 14.3. The molecular weight excluding hydrogens is 472 g/mol. The molecule has 3 aromatic carbocycles. The van der Waals surface area contributed by atoms with Crippen LogP contribution < -0.4 is 9.64 Å². The molecule has 1 aliphatic rings. The van der Waals surface area contributed by atoms with Gasteiger partial charge in [0.1, 0.15) is 12.4 Å². The van der Waals surface area contributed by atoms with E-state index in [1.54, 1.807) is 30.0 Å². The molecule has 1 aliphatic heterocycles. The summed E-state index contributed by atoms with van der Waals surface area (Å²) in [7, 11) is -3.77. The van der Waals surface area contributed by atoms with Crippen LogP contribution in [0.1, 0.15) is 29.2 Å². The molecule has 4 rings (SSSR count). The molecule has 0 spiro atoms. The maximum Gasteiger partial charge on any atom is 0.243 e. The first kappa shape index (κ1) is 24.3. The maximum atomic E-state index is 13.4. The van der Waals surface area contributed by atoms with Gasteiger partial charge in [-0.05, 0) is 61.4 Å². The van der Waals surface area contributed by atoms with Gasteiger partial charge in [-0.25, -0.2) is 8.42 Å². The van der Waals surface area contributed by atoms with Crippen molar-refractivity contribution in [3.63, 3.8) is 0 Å². The Morgan fingerprint density at radius 1 is 1.09 bits per heavy atom. The van der Waals surface area contributed by atoms with Crippen molar-refractivity contribution < 1.29 is 17.9 Å². The van der Waals surface area contributed by atoms with E-state index >= 15 is 0 Å². The van der Waals surface area contributed by atoms with E-state index in [0.717, 1.165) is 22.4 Å². The van der Waals surface area contributed by atoms with Crippen LogP contribution in [-0.4, -0.2) is 31.8 Å². The zero-order valence-electron chi connectivity index (χ0n) is 19.4. The van der Waals surface area contributed by atoms with E-state index in [1.807, 2.05) is 49.4 Å². The van der Waals surface area contributed by atoms with E-state index in [1.165, 1.54) is 11.2 Å². The van der Waals surface area contributed by atoms with Gasteiger partial charge in [-0.1, -0.05) is 41.4 Å². The highest BCUT2D eigenvalue weighted by molar-refractivity contribution is 7.89. The molecule has 8 heteroatoms. The first-order valence-electron chi connectivity index (χ1n) is 11.0. The molecule has 0 saturated heterocycles. The van der Waals surface area contributed by atoms with Crippen molar-refractivity contribution in [2.24, 2.45) is 0 Å². The molecule has 0 unspecified atom stereocenters. The summed E-state index contributed by atoms with van der Waals surface area (Å²) in [5, 5.41) is 0.412. The quantitative estimate of drug-likeness (QED) is 0.491. The minimum atomic E-state index is -3.77. The normalized spacial score (nSPS) is 14.1. The number of carbonyl (C=O) groups is 1. The van der Waals surface area contributed by atoms with E-state index < -0.39 is 10.0 Å². The minimum Gasteiger partial charge on any atom is -0.492 e. The van der Waals surface area contributed by atoms with Gasteiger partial charge in [-0.15, -0.1) is 0 Å². The number of sulfonamides is 1.